The molecule has 72 valence electrons. The Morgan fingerprint density at radius 2 is 2.14 bits per heavy atom. The Bertz CT molecular complexity index is 468. The van der Waals surface area contributed by atoms with E-state index in [-0.39, 0.29) is 11.6 Å². The lowest BCUT2D eigenvalue weighted by Crippen LogP contribution is -1.79. The minimum Gasteiger partial charge on any atom is -0.507 e. The molecule has 0 aliphatic carbocycles. The van der Waals surface area contributed by atoms with E-state index in [1.54, 1.807) is 12.1 Å². The van der Waals surface area contributed by atoms with E-state index in [0.29, 0.717) is 16.3 Å². The summed E-state index contributed by atoms with van der Waals surface area (Å²) in [7, 11) is 0. The summed E-state index contributed by atoms with van der Waals surface area (Å²) in [4.78, 5) is 0. The van der Waals surface area contributed by atoms with Gasteiger partial charge >= 0.3 is 0 Å². The highest BCUT2D eigenvalue weighted by Crippen LogP contribution is 2.31. The van der Waals surface area contributed by atoms with Crippen LogP contribution in [0.25, 0.3) is 11.3 Å². The summed E-state index contributed by atoms with van der Waals surface area (Å²) in [6.45, 7) is 0. The summed E-state index contributed by atoms with van der Waals surface area (Å²) in [5, 5.41) is 13.7. The molecule has 1 heterocycles. The highest BCUT2D eigenvalue weighted by molar-refractivity contribution is 6.30. The van der Waals surface area contributed by atoms with Crippen LogP contribution >= 0.6 is 11.6 Å². The molecule has 1 aromatic carbocycles. The SMILES string of the molecule is Nc1cc(-c2cc(Cl)ccc2O)no1. The molecule has 5 heteroatoms. The van der Waals surface area contributed by atoms with Crippen molar-refractivity contribution in [2.75, 3.05) is 5.73 Å². The molecule has 4 nitrogen and oxygen atoms in total. The molecule has 0 aliphatic heterocycles. The zero-order chi connectivity index (χ0) is 10.1. The lowest BCUT2D eigenvalue weighted by molar-refractivity contribution is 0.437. The molecule has 0 spiro atoms. The summed E-state index contributed by atoms with van der Waals surface area (Å²) in [6.07, 6.45) is 0. The molecule has 14 heavy (non-hydrogen) atoms. The molecule has 3 N–H and O–H groups in total. The number of benzene rings is 1. The third-order valence-corrected chi connectivity index (χ3v) is 2.00. The lowest BCUT2D eigenvalue weighted by Gasteiger charge is -1.99. The van der Waals surface area contributed by atoms with Crippen molar-refractivity contribution in [3.63, 3.8) is 0 Å². The van der Waals surface area contributed by atoms with Gasteiger partial charge in [0.05, 0.1) is 0 Å². The van der Waals surface area contributed by atoms with Gasteiger partial charge in [-0.1, -0.05) is 16.8 Å². The second-order valence-corrected chi connectivity index (χ2v) is 3.21. The second kappa shape index (κ2) is 3.23. The van der Waals surface area contributed by atoms with Gasteiger partial charge in [-0.05, 0) is 18.2 Å². The van der Waals surface area contributed by atoms with Crippen molar-refractivity contribution >= 4 is 17.5 Å². The van der Waals surface area contributed by atoms with Gasteiger partial charge in [0.1, 0.15) is 11.4 Å². The zero-order valence-electron chi connectivity index (χ0n) is 7.07. The fraction of sp³-hybridized carbons (Fsp3) is 0. The van der Waals surface area contributed by atoms with Crippen LogP contribution in [0, 0.1) is 0 Å². The average Bonchev–Trinajstić information content (AvgIpc) is 2.56. The first kappa shape index (κ1) is 8.90. The van der Waals surface area contributed by atoms with Crippen LogP contribution in [0.5, 0.6) is 5.75 Å². The number of phenolic OH excluding ortho intramolecular Hbond substituents is 1. The number of rotatable bonds is 1. The quantitative estimate of drug-likeness (QED) is 0.758. The first-order chi connectivity index (χ1) is 6.66. The monoisotopic (exact) mass is 210 g/mol. The molecule has 0 aliphatic rings. The highest BCUT2D eigenvalue weighted by Gasteiger charge is 2.09. The third-order valence-electron chi connectivity index (χ3n) is 1.76. The third kappa shape index (κ3) is 1.52. The van der Waals surface area contributed by atoms with Crippen molar-refractivity contribution in [1.82, 2.24) is 5.16 Å². The predicted molar refractivity (Wildman–Crippen MR) is 53.0 cm³/mol. The molecule has 0 bridgehead atoms. The summed E-state index contributed by atoms with van der Waals surface area (Å²) < 4.78 is 4.69. The maximum Gasteiger partial charge on any atom is 0.222 e. The largest absolute Gasteiger partial charge is 0.507 e. The molecule has 0 fully saturated rings. The molecule has 2 rings (SSSR count). The topological polar surface area (TPSA) is 72.3 Å². The molecule has 0 saturated heterocycles. The Morgan fingerprint density at radius 3 is 2.79 bits per heavy atom. The van der Waals surface area contributed by atoms with Crippen LogP contribution in [0.4, 0.5) is 5.88 Å². The fourth-order valence-corrected chi connectivity index (χ4v) is 1.30. The standard InChI is InChI=1S/C9H7ClN2O2/c10-5-1-2-8(13)6(3-5)7-4-9(11)14-12-7/h1-4,13H,11H2. The van der Waals surface area contributed by atoms with E-state index in [0.717, 1.165) is 0 Å². The average molecular weight is 211 g/mol. The predicted octanol–water partition coefficient (Wildman–Crippen LogP) is 2.28. The van der Waals surface area contributed by atoms with E-state index in [4.69, 9.17) is 17.3 Å². The maximum absolute atomic E-state index is 9.52. The van der Waals surface area contributed by atoms with Gasteiger partial charge in [0.25, 0.3) is 0 Å². The maximum atomic E-state index is 9.52. The van der Waals surface area contributed by atoms with Crippen LogP contribution in [-0.2, 0) is 0 Å². The van der Waals surface area contributed by atoms with Gasteiger partial charge in [0.2, 0.25) is 5.88 Å². The van der Waals surface area contributed by atoms with E-state index >= 15 is 0 Å². The number of hydrogen-bond donors (Lipinski definition) is 2. The van der Waals surface area contributed by atoms with Gasteiger partial charge in [-0.15, -0.1) is 0 Å². The van der Waals surface area contributed by atoms with Crippen LogP contribution in [0.3, 0.4) is 0 Å². The molecule has 0 amide bonds. The number of nitrogen functional groups attached to an aromatic ring is 1. The number of hydrogen-bond acceptors (Lipinski definition) is 4. The Labute approximate surface area is 84.9 Å². The van der Waals surface area contributed by atoms with Crippen molar-refractivity contribution in [1.29, 1.82) is 0 Å². The van der Waals surface area contributed by atoms with E-state index in [2.05, 4.69) is 9.68 Å². The highest BCUT2D eigenvalue weighted by atomic mass is 35.5. The Hall–Kier alpha value is -1.68. The van der Waals surface area contributed by atoms with Gasteiger partial charge in [0, 0.05) is 16.7 Å². The summed E-state index contributed by atoms with van der Waals surface area (Å²) in [5.74, 6) is 0.280. The van der Waals surface area contributed by atoms with Crippen LogP contribution in [-0.4, -0.2) is 10.3 Å². The summed E-state index contributed by atoms with van der Waals surface area (Å²) >= 11 is 5.77. The van der Waals surface area contributed by atoms with Crippen molar-refractivity contribution in [2.45, 2.75) is 0 Å². The first-order valence-electron chi connectivity index (χ1n) is 3.88. The number of aromatic nitrogens is 1. The molecular weight excluding hydrogens is 204 g/mol. The molecule has 1 aromatic heterocycles. The van der Waals surface area contributed by atoms with Crippen LogP contribution in [0.15, 0.2) is 28.8 Å². The van der Waals surface area contributed by atoms with E-state index in [9.17, 15) is 5.11 Å². The minimum atomic E-state index is 0.0858. The van der Waals surface area contributed by atoms with Crippen LogP contribution in [0.2, 0.25) is 5.02 Å². The van der Waals surface area contributed by atoms with Crippen LogP contribution in [0.1, 0.15) is 0 Å². The van der Waals surface area contributed by atoms with Crippen molar-refractivity contribution < 1.29 is 9.63 Å². The summed E-state index contributed by atoms with van der Waals surface area (Å²) in [5.41, 5.74) is 6.32. The molecule has 0 atom stereocenters. The van der Waals surface area contributed by atoms with E-state index in [1.807, 2.05) is 0 Å². The van der Waals surface area contributed by atoms with Crippen molar-refractivity contribution in [3.8, 4) is 17.0 Å². The zero-order valence-corrected chi connectivity index (χ0v) is 7.82. The number of aromatic hydroxyl groups is 1. The Morgan fingerprint density at radius 1 is 1.36 bits per heavy atom. The van der Waals surface area contributed by atoms with E-state index in [1.165, 1.54) is 12.1 Å². The molecule has 0 unspecified atom stereocenters. The van der Waals surface area contributed by atoms with Gasteiger partial charge in [-0.25, -0.2) is 0 Å². The Kier molecular flexibility index (Phi) is 2.05. The lowest BCUT2D eigenvalue weighted by atomic mass is 10.1. The smallest absolute Gasteiger partial charge is 0.222 e. The molecule has 0 radical (unpaired) electrons. The van der Waals surface area contributed by atoms with Gasteiger partial charge in [0.15, 0.2) is 0 Å². The molecule has 0 saturated carbocycles. The normalized spacial score (nSPS) is 10.4. The second-order valence-electron chi connectivity index (χ2n) is 2.78. The van der Waals surface area contributed by atoms with E-state index < -0.39 is 0 Å². The number of halogens is 1. The van der Waals surface area contributed by atoms with Crippen LogP contribution < -0.4 is 5.73 Å². The van der Waals surface area contributed by atoms with Gasteiger partial charge in [-0.2, -0.15) is 0 Å². The van der Waals surface area contributed by atoms with Crippen molar-refractivity contribution in [3.05, 3.63) is 29.3 Å². The Balaban J connectivity index is 2.55. The number of nitrogens with zero attached hydrogens (tertiary/aromatic N) is 1. The van der Waals surface area contributed by atoms with Gasteiger partial charge in [-0.3, -0.25) is 0 Å². The first-order valence-corrected chi connectivity index (χ1v) is 4.25. The fourth-order valence-electron chi connectivity index (χ4n) is 1.13. The minimum absolute atomic E-state index is 0.0858. The summed E-state index contributed by atoms with van der Waals surface area (Å²) in [6, 6.07) is 6.19. The number of nitrogens with two attached hydrogens (primary N) is 1. The van der Waals surface area contributed by atoms with Gasteiger partial charge < -0.3 is 15.4 Å². The molecule has 2 aromatic rings. The molecular formula is C9H7ClN2O2. The number of phenols is 1. The van der Waals surface area contributed by atoms with Crippen molar-refractivity contribution in [2.24, 2.45) is 0 Å². The number of anilines is 1.